The Morgan fingerprint density at radius 3 is 2.89 bits per heavy atom. The van der Waals surface area contributed by atoms with Crippen molar-refractivity contribution in [1.82, 2.24) is 4.98 Å². The Labute approximate surface area is 117 Å². The van der Waals surface area contributed by atoms with Crippen LogP contribution in [0.15, 0.2) is 42.5 Å². The molecule has 3 N–H and O–H groups in total. The lowest BCUT2D eigenvalue weighted by Gasteiger charge is -2.30. The Kier molecular flexibility index (Phi) is 3.17. The van der Waals surface area contributed by atoms with Crippen LogP contribution >= 0.6 is 12.2 Å². The van der Waals surface area contributed by atoms with Crippen molar-refractivity contribution in [1.29, 1.82) is 0 Å². The Hall–Kier alpha value is -1.94. The predicted molar refractivity (Wildman–Crippen MR) is 81.5 cm³/mol. The van der Waals surface area contributed by atoms with Crippen LogP contribution in [0.5, 0.6) is 0 Å². The number of hydrogen-bond acceptors (Lipinski definition) is 3. The molecule has 0 radical (unpaired) electrons. The molecule has 0 saturated heterocycles. The minimum Gasteiger partial charge on any atom is -0.388 e. The predicted octanol–water partition coefficient (Wildman–Crippen LogP) is 2.47. The van der Waals surface area contributed by atoms with Crippen LogP contribution in [0.3, 0.4) is 0 Å². The quantitative estimate of drug-likeness (QED) is 0.837. The number of nitrogens with zero attached hydrogens (tertiary/aromatic N) is 1. The molecule has 0 fully saturated rings. The van der Waals surface area contributed by atoms with E-state index in [2.05, 4.69) is 34.6 Å². The van der Waals surface area contributed by atoms with Gasteiger partial charge in [0.05, 0.1) is 5.69 Å². The number of aromatic nitrogens is 1. The summed E-state index contributed by atoms with van der Waals surface area (Å²) in [5, 5.41) is 3.36. The van der Waals surface area contributed by atoms with Crippen molar-refractivity contribution in [3.63, 3.8) is 0 Å². The lowest BCUT2D eigenvalue weighted by Crippen LogP contribution is -2.24. The zero-order valence-electron chi connectivity index (χ0n) is 10.5. The zero-order valence-corrected chi connectivity index (χ0v) is 11.3. The van der Waals surface area contributed by atoms with Gasteiger partial charge in [-0.15, -0.1) is 0 Å². The van der Waals surface area contributed by atoms with Crippen LogP contribution in [0.4, 0.5) is 5.82 Å². The van der Waals surface area contributed by atoms with E-state index in [0.29, 0.717) is 16.6 Å². The summed E-state index contributed by atoms with van der Waals surface area (Å²) in [6, 6.07) is 14.3. The van der Waals surface area contributed by atoms with Gasteiger partial charge in [-0.2, -0.15) is 0 Å². The molecule has 3 nitrogen and oxygen atoms in total. The van der Waals surface area contributed by atoms with E-state index >= 15 is 0 Å². The lowest BCUT2D eigenvalue weighted by molar-refractivity contribution is 0.634. The highest BCUT2D eigenvalue weighted by atomic mass is 32.1. The summed E-state index contributed by atoms with van der Waals surface area (Å²) in [7, 11) is 0. The van der Waals surface area contributed by atoms with Gasteiger partial charge in [0.1, 0.15) is 10.8 Å². The van der Waals surface area contributed by atoms with E-state index in [1.54, 1.807) is 0 Å². The number of rotatable bonds is 4. The van der Waals surface area contributed by atoms with Crippen LogP contribution in [0.25, 0.3) is 0 Å². The Bertz CT molecular complexity index is 624. The minimum absolute atomic E-state index is 0.331. The molecule has 19 heavy (non-hydrogen) atoms. The lowest BCUT2D eigenvalue weighted by atomic mass is 9.77. The molecule has 1 aliphatic rings. The monoisotopic (exact) mass is 269 g/mol. The maximum atomic E-state index is 5.58. The van der Waals surface area contributed by atoms with Crippen molar-refractivity contribution in [3.05, 3.63) is 59.3 Å². The van der Waals surface area contributed by atoms with E-state index in [1.165, 1.54) is 11.1 Å². The van der Waals surface area contributed by atoms with Gasteiger partial charge in [-0.1, -0.05) is 42.5 Å². The molecule has 2 aromatic rings. The summed E-state index contributed by atoms with van der Waals surface area (Å²) in [6.07, 6.45) is 1.14. The van der Waals surface area contributed by atoms with Gasteiger partial charge in [0.15, 0.2) is 0 Å². The van der Waals surface area contributed by atoms with Gasteiger partial charge in [0.25, 0.3) is 0 Å². The molecule has 0 amide bonds. The van der Waals surface area contributed by atoms with E-state index in [4.69, 9.17) is 18.0 Å². The number of hydrogen-bond donors (Lipinski definition) is 2. The number of pyridine rings is 1. The third-order valence-corrected chi connectivity index (χ3v) is 3.70. The van der Waals surface area contributed by atoms with Crippen molar-refractivity contribution < 1.29 is 0 Å². The average Bonchev–Trinajstić information content (AvgIpc) is 2.40. The van der Waals surface area contributed by atoms with Crippen molar-refractivity contribution in [2.24, 2.45) is 5.73 Å². The molecular weight excluding hydrogens is 254 g/mol. The van der Waals surface area contributed by atoms with Crippen LogP contribution in [0, 0.1) is 0 Å². The second-order valence-corrected chi connectivity index (χ2v) is 5.19. The second kappa shape index (κ2) is 4.97. The van der Waals surface area contributed by atoms with Crippen molar-refractivity contribution in [2.75, 3.05) is 11.9 Å². The van der Waals surface area contributed by atoms with Crippen LogP contribution < -0.4 is 11.1 Å². The molecule has 0 saturated carbocycles. The second-order valence-electron chi connectivity index (χ2n) is 4.75. The normalized spacial score (nSPS) is 16.3. The van der Waals surface area contributed by atoms with Gasteiger partial charge in [0.2, 0.25) is 0 Å². The molecule has 1 heterocycles. The molecule has 1 unspecified atom stereocenters. The van der Waals surface area contributed by atoms with Crippen molar-refractivity contribution in [2.45, 2.75) is 12.3 Å². The Morgan fingerprint density at radius 1 is 1.26 bits per heavy atom. The summed E-state index contributed by atoms with van der Waals surface area (Å²) in [6.45, 7) is 0.894. The van der Waals surface area contributed by atoms with Gasteiger partial charge in [0, 0.05) is 12.5 Å². The SMILES string of the molecule is NC(=S)c1cccc(NCC2Cc3ccccc32)n1. The van der Waals surface area contributed by atoms with E-state index in [9.17, 15) is 0 Å². The van der Waals surface area contributed by atoms with Gasteiger partial charge in [-0.3, -0.25) is 0 Å². The Morgan fingerprint density at radius 2 is 2.11 bits per heavy atom. The molecule has 1 aliphatic carbocycles. The molecule has 1 atom stereocenters. The van der Waals surface area contributed by atoms with Gasteiger partial charge < -0.3 is 11.1 Å². The minimum atomic E-state index is 0.331. The number of thiocarbonyl (C=S) groups is 1. The number of fused-ring (bicyclic) bond motifs is 1. The zero-order chi connectivity index (χ0) is 13.2. The first-order valence-corrected chi connectivity index (χ1v) is 6.73. The smallest absolute Gasteiger partial charge is 0.126 e. The molecule has 0 bridgehead atoms. The van der Waals surface area contributed by atoms with Gasteiger partial charge in [-0.25, -0.2) is 4.98 Å². The highest BCUT2D eigenvalue weighted by molar-refractivity contribution is 7.80. The molecule has 96 valence electrons. The van der Waals surface area contributed by atoms with Crippen molar-refractivity contribution >= 4 is 23.0 Å². The fourth-order valence-corrected chi connectivity index (χ4v) is 2.56. The number of nitrogens with one attached hydrogen (secondary N) is 1. The van der Waals surface area contributed by atoms with E-state index in [-0.39, 0.29) is 0 Å². The average molecular weight is 269 g/mol. The molecule has 3 rings (SSSR count). The molecule has 0 spiro atoms. The highest BCUT2D eigenvalue weighted by Gasteiger charge is 2.24. The maximum absolute atomic E-state index is 5.58. The first kappa shape index (κ1) is 12.1. The Balaban J connectivity index is 1.65. The molecule has 1 aromatic heterocycles. The fraction of sp³-hybridized carbons (Fsp3) is 0.200. The third kappa shape index (κ3) is 2.44. The fourth-order valence-electron chi connectivity index (χ4n) is 2.44. The van der Waals surface area contributed by atoms with E-state index < -0.39 is 0 Å². The maximum Gasteiger partial charge on any atom is 0.126 e. The molecule has 0 aliphatic heterocycles. The number of anilines is 1. The first-order valence-electron chi connectivity index (χ1n) is 6.32. The summed E-state index contributed by atoms with van der Waals surface area (Å²) in [5.74, 6) is 1.40. The third-order valence-electron chi connectivity index (χ3n) is 3.49. The highest BCUT2D eigenvalue weighted by Crippen LogP contribution is 2.34. The number of nitrogens with two attached hydrogens (primary N) is 1. The summed E-state index contributed by atoms with van der Waals surface area (Å²) < 4.78 is 0. The van der Waals surface area contributed by atoms with E-state index in [1.807, 2.05) is 18.2 Å². The van der Waals surface area contributed by atoms with Gasteiger partial charge in [-0.05, 0) is 29.7 Å². The first-order chi connectivity index (χ1) is 9.24. The number of benzene rings is 1. The molecule has 4 heteroatoms. The summed E-state index contributed by atoms with van der Waals surface area (Å²) in [4.78, 5) is 4.71. The molecular formula is C15H15N3S. The van der Waals surface area contributed by atoms with Crippen LogP contribution in [-0.4, -0.2) is 16.5 Å². The molecule has 1 aromatic carbocycles. The largest absolute Gasteiger partial charge is 0.388 e. The van der Waals surface area contributed by atoms with Crippen LogP contribution in [0.1, 0.15) is 22.7 Å². The topological polar surface area (TPSA) is 50.9 Å². The van der Waals surface area contributed by atoms with Crippen LogP contribution in [0.2, 0.25) is 0 Å². The van der Waals surface area contributed by atoms with Gasteiger partial charge >= 0.3 is 0 Å². The summed E-state index contributed by atoms with van der Waals surface area (Å²) in [5.41, 5.74) is 9.14. The van der Waals surface area contributed by atoms with Crippen LogP contribution in [-0.2, 0) is 6.42 Å². The van der Waals surface area contributed by atoms with E-state index in [0.717, 1.165) is 18.8 Å². The summed E-state index contributed by atoms with van der Waals surface area (Å²) >= 11 is 4.93. The van der Waals surface area contributed by atoms with Crippen molar-refractivity contribution in [3.8, 4) is 0 Å². The standard InChI is InChI=1S/C15H15N3S/c16-15(19)13-6-3-7-14(18-13)17-9-11-8-10-4-1-2-5-12(10)11/h1-7,11H,8-9H2,(H2,16,19)(H,17,18).